The highest BCUT2D eigenvalue weighted by molar-refractivity contribution is 6.30. The van der Waals surface area contributed by atoms with Crippen LogP contribution in [-0.2, 0) is 0 Å². The Bertz CT molecular complexity index is 1170. The van der Waals surface area contributed by atoms with Gasteiger partial charge in [-0.05, 0) is 28.5 Å². The van der Waals surface area contributed by atoms with E-state index in [0.717, 1.165) is 10.6 Å². The number of amides is 2. The Balaban J connectivity index is 1.43. The second-order valence-electron chi connectivity index (χ2n) is 6.74. The van der Waals surface area contributed by atoms with Crippen molar-refractivity contribution in [2.75, 3.05) is 26.2 Å². The average molecular weight is 471 g/mol. The van der Waals surface area contributed by atoms with Crippen LogP contribution in [0, 0.1) is 5.82 Å². The molecule has 3 heterocycles. The van der Waals surface area contributed by atoms with Gasteiger partial charge in [0, 0.05) is 0 Å². The van der Waals surface area contributed by atoms with Crippen LogP contribution in [0.1, 0.15) is 0 Å². The molecule has 1 fully saturated rings. The molecule has 1 aliphatic heterocycles. The Morgan fingerprint density at radius 2 is 2.03 bits per heavy atom. The summed E-state index contributed by atoms with van der Waals surface area (Å²) in [7, 11) is 0. The van der Waals surface area contributed by atoms with Crippen LogP contribution >= 0.6 is 11.6 Å². The summed E-state index contributed by atoms with van der Waals surface area (Å²) < 4.78 is 29.2. The van der Waals surface area contributed by atoms with Gasteiger partial charge in [-0.3, -0.25) is 4.52 Å². The summed E-state index contributed by atoms with van der Waals surface area (Å²) in [6, 6.07) is 3.08. The van der Waals surface area contributed by atoms with Crippen molar-refractivity contribution < 1.29 is 33.3 Å². The predicted octanol–water partition coefficient (Wildman–Crippen LogP) is -0.206. The fourth-order valence-corrected chi connectivity index (χ4v) is 3.19. The van der Waals surface area contributed by atoms with Gasteiger partial charge in [-0.1, -0.05) is 16.8 Å². The molecule has 0 saturated carbocycles. The van der Waals surface area contributed by atoms with Crippen molar-refractivity contribution in [3.05, 3.63) is 39.6 Å². The first kappa shape index (κ1) is 21.7. The van der Waals surface area contributed by atoms with Gasteiger partial charge in [0.05, 0.1) is 42.6 Å². The van der Waals surface area contributed by atoms with Gasteiger partial charge >= 0.3 is 11.8 Å². The molecule has 2 amide bonds. The van der Waals surface area contributed by atoms with Gasteiger partial charge in [0.1, 0.15) is 12.4 Å². The van der Waals surface area contributed by atoms with Gasteiger partial charge in [0.25, 0.3) is 5.88 Å². The van der Waals surface area contributed by atoms with Gasteiger partial charge in [-0.15, -0.1) is 0 Å². The molecule has 170 valence electrons. The number of likely N-dealkylation sites (tertiary alicyclic amines) is 1. The Morgan fingerprint density at radius 3 is 2.75 bits per heavy atom. The van der Waals surface area contributed by atoms with Crippen molar-refractivity contribution in [3.8, 4) is 23.1 Å². The lowest BCUT2D eigenvalue weighted by Gasteiger charge is -2.16. The molecule has 1 aliphatic rings. The lowest BCUT2D eigenvalue weighted by atomic mass is 10.3. The van der Waals surface area contributed by atoms with Crippen molar-refractivity contribution >= 4 is 17.6 Å². The lowest BCUT2D eigenvalue weighted by molar-refractivity contribution is 0.0572. The Labute approximate surface area is 182 Å². The lowest BCUT2D eigenvalue weighted by Crippen LogP contribution is -2.40. The van der Waals surface area contributed by atoms with E-state index in [2.05, 4.69) is 29.9 Å². The van der Waals surface area contributed by atoms with Gasteiger partial charge in [-0.2, -0.15) is 0 Å². The van der Waals surface area contributed by atoms with Crippen LogP contribution in [-0.4, -0.2) is 79.6 Å². The summed E-state index contributed by atoms with van der Waals surface area (Å²) in [4.78, 5) is 25.4. The number of aliphatic hydroxyl groups is 2. The molecule has 2 unspecified atom stereocenters. The van der Waals surface area contributed by atoms with Crippen molar-refractivity contribution in [2.24, 2.45) is 0 Å². The van der Waals surface area contributed by atoms with E-state index in [-0.39, 0.29) is 54.3 Å². The fraction of sp³-hybridized carbons (Fsp3) is 0.353. The number of carbonyl (C=O) groups excluding carboxylic acids is 1. The number of rotatable bonds is 6. The van der Waals surface area contributed by atoms with Crippen LogP contribution in [0.2, 0.25) is 5.02 Å². The van der Waals surface area contributed by atoms with Crippen LogP contribution in [0.4, 0.5) is 9.18 Å². The van der Waals surface area contributed by atoms with Crippen LogP contribution < -0.4 is 15.8 Å². The third-order valence-electron chi connectivity index (χ3n) is 4.60. The molecule has 15 heteroatoms. The van der Waals surface area contributed by atoms with Gasteiger partial charge in [0.2, 0.25) is 11.5 Å². The van der Waals surface area contributed by atoms with Gasteiger partial charge < -0.3 is 25.2 Å². The minimum absolute atomic E-state index is 0.0162. The summed E-state index contributed by atoms with van der Waals surface area (Å²) in [5, 5.41) is 32.3. The number of aliphatic hydroxyl groups excluding tert-OH is 2. The molecule has 1 saturated heterocycles. The molecule has 1 aromatic carbocycles. The molecule has 2 atom stereocenters. The number of β-amino-alcohol motifs (C(OH)–C–C–N with tert-alkyl or cyclic N) is 2. The third kappa shape index (κ3) is 4.28. The molecule has 3 aromatic rings. The number of hydrogen-bond donors (Lipinski definition) is 3. The molecular weight excluding hydrogens is 455 g/mol. The number of ether oxygens (including phenoxy) is 1. The molecule has 0 spiro atoms. The molecular formula is C17H16ClFN6O7. The van der Waals surface area contributed by atoms with E-state index in [9.17, 15) is 24.2 Å². The van der Waals surface area contributed by atoms with E-state index in [4.69, 9.17) is 16.3 Å². The van der Waals surface area contributed by atoms with Crippen molar-refractivity contribution in [2.45, 2.75) is 12.2 Å². The summed E-state index contributed by atoms with van der Waals surface area (Å²) in [5.74, 6) is -1.83. The second kappa shape index (κ2) is 8.94. The fourth-order valence-electron chi connectivity index (χ4n) is 3.02. The van der Waals surface area contributed by atoms with Crippen molar-refractivity contribution in [1.29, 1.82) is 0 Å². The highest BCUT2D eigenvalue weighted by atomic mass is 35.5. The maximum atomic E-state index is 13.5. The van der Waals surface area contributed by atoms with E-state index >= 15 is 0 Å². The highest BCUT2D eigenvalue weighted by Crippen LogP contribution is 2.27. The minimum Gasteiger partial charge on any atom is -0.472 e. The smallest absolute Gasteiger partial charge is 0.446 e. The first-order valence-electron chi connectivity index (χ1n) is 9.24. The molecule has 0 radical (unpaired) electrons. The molecule has 0 aliphatic carbocycles. The number of halogens is 2. The maximum absolute atomic E-state index is 13.5. The number of nitrogens with one attached hydrogen (secondary N) is 1. The Hall–Kier alpha value is -3.49. The largest absolute Gasteiger partial charge is 0.472 e. The number of hydrogen-bond acceptors (Lipinski definition) is 10. The summed E-state index contributed by atoms with van der Waals surface area (Å²) in [6.07, 6.45) is -1.98. The number of aromatic nitrogens is 4. The zero-order chi connectivity index (χ0) is 22.8. The molecule has 13 nitrogen and oxygen atoms in total. The zero-order valence-corrected chi connectivity index (χ0v) is 16.9. The number of carbonyl (C=O) groups is 1. The van der Waals surface area contributed by atoms with Gasteiger partial charge in [0.15, 0.2) is 0 Å². The zero-order valence-electron chi connectivity index (χ0n) is 16.1. The van der Waals surface area contributed by atoms with Crippen LogP contribution in [0.25, 0.3) is 17.2 Å². The Kier molecular flexibility index (Phi) is 6.07. The standard InChI is InChI=1S/C17H16ClFN6O7/c18-9-5-8(1-2-10(9)19)25-14(22-31-17(25)29)13-15(23-32-21-13)30-4-3-20-16(28)24-6-11(26)12(27)7-24/h1-2,5,11-12,26-27H,3-4,6-7H2,(H,20,28). The quantitative estimate of drug-likeness (QED) is 0.410. The summed E-state index contributed by atoms with van der Waals surface area (Å²) in [5.41, 5.74) is 0.0854. The monoisotopic (exact) mass is 470 g/mol. The first-order valence-corrected chi connectivity index (χ1v) is 9.61. The van der Waals surface area contributed by atoms with E-state index < -0.39 is 29.8 Å². The van der Waals surface area contributed by atoms with Crippen LogP contribution in [0.3, 0.4) is 0 Å². The third-order valence-corrected chi connectivity index (χ3v) is 4.89. The van der Waals surface area contributed by atoms with E-state index in [0.29, 0.717) is 0 Å². The van der Waals surface area contributed by atoms with Crippen molar-refractivity contribution in [3.63, 3.8) is 0 Å². The Morgan fingerprint density at radius 1 is 1.28 bits per heavy atom. The topological polar surface area (TPSA) is 169 Å². The van der Waals surface area contributed by atoms with Crippen LogP contribution in [0.5, 0.6) is 5.88 Å². The van der Waals surface area contributed by atoms with Gasteiger partial charge in [-0.25, -0.2) is 23.2 Å². The number of nitrogens with zero attached hydrogens (tertiary/aromatic N) is 5. The normalized spacial score (nSPS) is 18.2. The van der Waals surface area contributed by atoms with Crippen LogP contribution in [0.15, 0.2) is 32.1 Å². The van der Waals surface area contributed by atoms with E-state index in [1.54, 1.807) is 0 Å². The summed E-state index contributed by atoms with van der Waals surface area (Å²) in [6.45, 7) is 0.0218. The number of urea groups is 1. The molecule has 2 aromatic heterocycles. The molecule has 4 rings (SSSR count). The summed E-state index contributed by atoms with van der Waals surface area (Å²) >= 11 is 5.79. The van der Waals surface area contributed by atoms with E-state index in [1.165, 1.54) is 17.0 Å². The maximum Gasteiger partial charge on any atom is 0.446 e. The SMILES string of the molecule is O=C(NCCOc1nonc1-c1noc(=O)n1-c1ccc(F)c(Cl)c1)N1CC(O)C(O)C1. The molecule has 32 heavy (non-hydrogen) atoms. The average Bonchev–Trinajstić information content (AvgIpc) is 3.46. The molecule has 0 bridgehead atoms. The molecule has 3 N–H and O–H groups in total. The van der Waals surface area contributed by atoms with Crippen molar-refractivity contribution in [1.82, 2.24) is 30.3 Å². The predicted molar refractivity (Wildman–Crippen MR) is 103 cm³/mol. The highest BCUT2D eigenvalue weighted by Gasteiger charge is 2.32. The minimum atomic E-state index is -0.989. The second-order valence-corrected chi connectivity index (χ2v) is 7.15. The number of benzene rings is 1. The first-order chi connectivity index (χ1) is 15.3. The van der Waals surface area contributed by atoms with E-state index in [1.807, 2.05) is 0 Å².